The molecule has 0 N–H and O–H groups in total. The molecule has 0 heterocycles. The lowest BCUT2D eigenvalue weighted by Gasteiger charge is -2.03. The highest BCUT2D eigenvalue weighted by Crippen LogP contribution is 2.00. The Kier molecular flexibility index (Phi) is 2.89. The number of rotatable bonds is 2. The zero-order valence-corrected chi connectivity index (χ0v) is 6.47. The number of hydrogen-bond acceptors (Lipinski definition) is 2. The van der Waals surface area contributed by atoms with E-state index in [1.807, 2.05) is 13.1 Å². The predicted molar refractivity (Wildman–Crippen MR) is 38.0 cm³/mol. The Hall–Kier alpha value is -0.883. The number of hydrogen-bond donors (Lipinski definition) is 0. The fraction of sp³-hybridized carbons (Fsp3) is 0.333. The molecule has 0 spiro atoms. The summed E-state index contributed by atoms with van der Waals surface area (Å²) < 4.78 is 0. The van der Waals surface area contributed by atoms with Crippen LogP contribution in [0.25, 0.3) is 0 Å². The highest BCUT2D eigenvalue weighted by molar-refractivity contribution is 6.88. The Morgan fingerprint density at radius 1 is 1.11 bits per heavy atom. The summed E-state index contributed by atoms with van der Waals surface area (Å²) in [5.41, 5.74) is 2.83. The van der Waals surface area contributed by atoms with Crippen LogP contribution in [0.5, 0.6) is 0 Å². The molecule has 0 aromatic rings. The monoisotopic (exact) mass is 140 g/mol. The van der Waals surface area contributed by atoms with E-state index in [1.54, 1.807) is 11.9 Å². The second kappa shape index (κ2) is 3.20. The molecule has 48 valence electrons. The van der Waals surface area contributed by atoms with Gasteiger partial charge in [-0.2, -0.15) is 0 Å². The molecule has 3 heteroatoms. The number of carbonyl (C=O) groups excluding carboxylic acids is 2. The predicted octanol–water partition coefficient (Wildman–Crippen LogP) is 0.549. The van der Waals surface area contributed by atoms with Crippen LogP contribution in [-0.2, 0) is 9.59 Å². The first-order valence-corrected chi connectivity index (χ1v) is 5.72. The average molecular weight is 140 g/mol. The van der Waals surface area contributed by atoms with Gasteiger partial charge in [0.2, 0.25) is 0 Å². The zero-order valence-electron chi connectivity index (χ0n) is 5.47. The van der Waals surface area contributed by atoms with Gasteiger partial charge >= 0.3 is 0 Å². The summed E-state index contributed by atoms with van der Waals surface area (Å²) in [6, 6.07) is 0. The van der Waals surface area contributed by atoms with Crippen molar-refractivity contribution in [1.29, 1.82) is 0 Å². The molecule has 0 aromatic heterocycles. The molecule has 0 atom stereocenters. The normalized spacial score (nSPS) is 9.11. The van der Waals surface area contributed by atoms with Crippen molar-refractivity contribution in [3.8, 4) is 0 Å². The molecule has 2 nitrogen and oxygen atoms in total. The highest BCUT2D eigenvalue weighted by Gasteiger charge is 2.12. The largest absolute Gasteiger partial charge is 0.234 e. The summed E-state index contributed by atoms with van der Waals surface area (Å²) in [6.45, 7) is 3.73. The maximum absolute atomic E-state index is 9.80. The summed E-state index contributed by atoms with van der Waals surface area (Å²) >= 11 is 0. The second-order valence-corrected chi connectivity index (χ2v) is 6.57. The van der Waals surface area contributed by atoms with E-state index in [4.69, 9.17) is 0 Å². The molecule has 0 aliphatic rings. The van der Waals surface area contributed by atoms with E-state index >= 15 is 0 Å². The molecule has 9 heavy (non-hydrogen) atoms. The van der Waals surface area contributed by atoms with Gasteiger partial charge in [0.15, 0.2) is 0 Å². The first-order chi connectivity index (χ1) is 4.12. The van der Waals surface area contributed by atoms with Gasteiger partial charge in [0, 0.05) is 0 Å². The molecule has 0 unspecified atom stereocenters. The fourth-order valence-corrected chi connectivity index (χ4v) is 1.04. The maximum atomic E-state index is 9.80. The van der Waals surface area contributed by atoms with Crippen molar-refractivity contribution in [2.24, 2.45) is 0 Å². The molecule has 0 bridgehead atoms. The minimum atomic E-state index is -1.80. The van der Waals surface area contributed by atoms with E-state index in [0.717, 1.165) is 0 Å². The Bertz CT molecular complexity index is 163. The summed E-state index contributed by atoms with van der Waals surface area (Å²) in [4.78, 5) is 19.6. The van der Waals surface area contributed by atoms with Crippen molar-refractivity contribution in [2.45, 2.75) is 13.1 Å². The Labute approximate surface area is 54.9 Å². The Morgan fingerprint density at radius 3 is 1.67 bits per heavy atom. The summed E-state index contributed by atoms with van der Waals surface area (Å²) in [6.07, 6.45) is 0. The summed E-state index contributed by atoms with van der Waals surface area (Å²) in [5.74, 6) is 3.34. The average Bonchev–Trinajstić information content (AvgIpc) is 1.64. The van der Waals surface area contributed by atoms with Gasteiger partial charge in [0.25, 0.3) is 0 Å². The summed E-state index contributed by atoms with van der Waals surface area (Å²) in [7, 11) is -1.80. The first kappa shape index (κ1) is 8.12. The molecule has 0 radical (unpaired) electrons. The second-order valence-electron chi connectivity index (χ2n) is 2.35. The molecule has 0 saturated carbocycles. The van der Waals surface area contributed by atoms with Crippen LogP contribution in [-0.4, -0.2) is 20.0 Å². The third-order valence-electron chi connectivity index (χ3n) is 0.862. The maximum Gasteiger partial charge on any atom is 0.121 e. The lowest BCUT2D eigenvalue weighted by molar-refractivity contribution is 0.569. The van der Waals surface area contributed by atoms with Crippen LogP contribution in [0, 0.1) is 0 Å². The molecule has 0 aromatic carbocycles. The Morgan fingerprint density at radius 2 is 1.44 bits per heavy atom. The molecule has 0 aliphatic heterocycles. The van der Waals surface area contributed by atoms with Gasteiger partial charge in [-0.05, 0) is 11.4 Å². The van der Waals surface area contributed by atoms with Crippen LogP contribution in [0.3, 0.4) is 0 Å². The van der Waals surface area contributed by atoms with Gasteiger partial charge in [0.05, 0.1) is 0 Å². The van der Waals surface area contributed by atoms with E-state index in [9.17, 15) is 9.59 Å². The lowest BCUT2D eigenvalue weighted by atomic mass is 11.2. The summed E-state index contributed by atoms with van der Waals surface area (Å²) in [5, 5.41) is 0. The van der Waals surface area contributed by atoms with E-state index in [0.29, 0.717) is 0 Å². The highest BCUT2D eigenvalue weighted by atomic mass is 28.3. The molecular formula is C6H8O2Si. The fourth-order valence-electron chi connectivity index (χ4n) is 0.345. The minimum absolute atomic E-state index is 1.41. The topological polar surface area (TPSA) is 34.1 Å². The standard InChI is InChI=1S/C6H8O2Si/c1-9(2,5-3-7)6-4-8/h5-6H,1-2H3. The van der Waals surface area contributed by atoms with Crippen LogP contribution < -0.4 is 0 Å². The molecule has 0 aliphatic carbocycles. The zero-order chi connectivity index (χ0) is 7.33. The van der Waals surface area contributed by atoms with Crippen LogP contribution in [0.1, 0.15) is 0 Å². The van der Waals surface area contributed by atoms with Crippen LogP contribution in [0.15, 0.2) is 11.4 Å². The van der Waals surface area contributed by atoms with Gasteiger partial charge in [-0.1, -0.05) is 13.1 Å². The van der Waals surface area contributed by atoms with Gasteiger partial charge < -0.3 is 0 Å². The smallest absolute Gasteiger partial charge is 0.121 e. The van der Waals surface area contributed by atoms with Crippen molar-refractivity contribution in [3.63, 3.8) is 0 Å². The molecule has 0 rings (SSSR count). The van der Waals surface area contributed by atoms with Gasteiger partial charge in [-0.15, -0.1) is 0 Å². The van der Waals surface area contributed by atoms with E-state index in [1.165, 1.54) is 11.4 Å². The molecule has 0 saturated heterocycles. The minimum Gasteiger partial charge on any atom is -0.234 e. The third-order valence-corrected chi connectivity index (χ3v) is 2.59. The van der Waals surface area contributed by atoms with Gasteiger partial charge in [-0.3, -0.25) is 0 Å². The first-order valence-electron chi connectivity index (χ1n) is 2.56. The van der Waals surface area contributed by atoms with Crippen molar-refractivity contribution in [1.82, 2.24) is 0 Å². The third kappa shape index (κ3) is 3.68. The van der Waals surface area contributed by atoms with Gasteiger partial charge in [-0.25, -0.2) is 9.59 Å². The van der Waals surface area contributed by atoms with E-state index in [-0.39, 0.29) is 0 Å². The lowest BCUT2D eigenvalue weighted by Crippen LogP contribution is -2.19. The van der Waals surface area contributed by atoms with E-state index < -0.39 is 8.07 Å². The van der Waals surface area contributed by atoms with E-state index in [2.05, 4.69) is 0 Å². The molecule has 0 amide bonds. The van der Waals surface area contributed by atoms with Crippen molar-refractivity contribution in [2.75, 3.05) is 0 Å². The van der Waals surface area contributed by atoms with Crippen LogP contribution in [0.2, 0.25) is 13.1 Å². The SMILES string of the molecule is C[Si](C)(C=C=O)C=C=O. The molecule has 0 fully saturated rings. The van der Waals surface area contributed by atoms with Crippen LogP contribution >= 0.6 is 0 Å². The Balaban J connectivity index is 4.36. The molecular weight excluding hydrogens is 132 g/mol. The van der Waals surface area contributed by atoms with Crippen LogP contribution in [0.4, 0.5) is 0 Å². The van der Waals surface area contributed by atoms with Gasteiger partial charge in [0.1, 0.15) is 20.0 Å². The quantitative estimate of drug-likeness (QED) is 0.414. The van der Waals surface area contributed by atoms with Crippen molar-refractivity contribution < 1.29 is 9.59 Å². The van der Waals surface area contributed by atoms with Crippen molar-refractivity contribution >= 4 is 20.0 Å². The van der Waals surface area contributed by atoms with Crippen molar-refractivity contribution in [3.05, 3.63) is 11.4 Å².